The average Bonchev–Trinajstić information content (AvgIpc) is 3.54. The zero-order valence-corrected chi connectivity index (χ0v) is 19.9. The summed E-state index contributed by atoms with van der Waals surface area (Å²) in [5, 5.41) is 6.96. The monoisotopic (exact) mass is 444 g/mol. The number of guanidine groups is 1. The summed E-state index contributed by atoms with van der Waals surface area (Å²) in [6.07, 6.45) is 7.46. The lowest BCUT2D eigenvalue weighted by molar-refractivity contribution is 0.645. The number of nitrogens with zero attached hydrogens (tertiary/aromatic N) is 4. The van der Waals surface area contributed by atoms with Gasteiger partial charge in [0.05, 0.1) is 6.04 Å². The fraction of sp³-hybridized carbons (Fsp3) is 0.407. The van der Waals surface area contributed by atoms with Crippen molar-refractivity contribution in [3.63, 3.8) is 0 Å². The number of anilines is 1. The predicted octanol–water partition coefficient (Wildman–Crippen LogP) is 4.54. The zero-order valence-electron chi connectivity index (χ0n) is 19.9. The molecule has 6 heteroatoms. The topological polar surface area (TPSA) is 57.5 Å². The van der Waals surface area contributed by atoms with E-state index in [0.717, 1.165) is 44.4 Å². The fourth-order valence-electron chi connectivity index (χ4n) is 4.31. The molecule has 0 radical (unpaired) electrons. The number of aromatic nitrogens is 2. The van der Waals surface area contributed by atoms with Crippen LogP contribution in [0, 0.1) is 0 Å². The number of aliphatic imine (C=N–C) groups is 1. The molecule has 33 heavy (non-hydrogen) atoms. The summed E-state index contributed by atoms with van der Waals surface area (Å²) >= 11 is 0. The van der Waals surface area contributed by atoms with E-state index in [2.05, 4.69) is 93.5 Å². The molecule has 174 valence electrons. The number of hydrogen-bond donors (Lipinski definition) is 2. The zero-order chi connectivity index (χ0) is 22.9. The summed E-state index contributed by atoms with van der Waals surface area (Å²) in [5.41, 5.74) is 3.93. The van der Waals surface area contributed by atoms with Crippen molar-refractivity contribution in [2.24, 2.45) is 4.99 Å². The van der Waals surface area contributed by atoms with Gasteiger partial charge in [-0.15, -0.1) is 0 Å². The van der Waals surface area contributed by atoms with Crippen LogP contribution in [0.5, 0.6) is 0 Å². The van der Waals surface area contributed by atoms with Gasteiger partial charge in [-0.05, 0) is 56.4 Å². The summed E-state index contributed by atoms with van der Waals surface area (Å²) in [4.78, 5) is 11.9. The first-order valence-electron chi connectivity index (χ1n) is 12.2. The maximum Gasteiger partial charge on any atom is 0.192 e. The molecule has 4 rings (SSSR count). The molecule has 2 N–H and O–H groups in total. The molecule has 1 fully saturated rings. The second-order valence-electron chi connectivity index (χ2n) is 8.62. The lowest BCUT2D eigenvalue weighted by Crippen LogP contribution is -2.38. The third-order valence-corrected chi connectivity index (χ3v) is 6.20. The summed E-state index contributed by atoms with van der Waals surface area (Å²) in [6, 6.07) is 19.6. The molecule has 2 heterocycles. The van der Waals surface area contributed by atoms with Crippen LogP contribution < -0.4 is 15.5 Å². The van der Waals surface area contributed by atoms with E-state index in [1.54, 1.807) is 0 Å². The van der Waals surface area contributed by atoms with Crippen molar-refractivity contribution < 1.29 is 0 Å². The Morgan fingerprint density at radius 3 is 2.70 bits per heavy atom. The molecule has 0 saturated carbocycles. The summed E-state index contributed by atoms with van der Waals surface area (Å²) in [7, 11) is 0. The van der Waals surface area contributed by atoms with Gasteiger partial charge in [-0.25, -0.2) is 9.98 Å². The molecular formula is C27H36N6. The Hall–Kier alpha value is -3.28. The van der Waals surface area contributed by atoms with Crippen molar-refractivity contribution in [3.05, 3.63) is 83.9 Å². The Balaban J connectivity index is 1.39. The largest absolute Gasteiger partial charge is 0.372 e. The SMILES string of the molecule is CCNC(=NCc1nccn1CCc1ccccc1)NC(C)c1cccc(N2CCCC2)c1. The van der Waals surface area contributed by atoms with Gasteiger partial charge >= 0.3 is 0 Å². The minimum Gasteiger partial charge on any atom is -0.372 e. The predicted molar refractivity (Wildman–Crippen MR) is 137 cm³/mol. The highest BCUT2D eigenvalue weighted by Gasteiger charge is 2.14. The molecule has 0 aliphatic carbocycles. The van der Waals surface area contributed by atoms with Crippen molar-refractivity contribution in [2.75, 3.05) is 24.5 Å². The first-order chi connectivity index (χ1) is 16.2. The van der Waals surface area contributed by atoms with Crippen LogP contribution in [0.2, 0.25) is 0 Å². The normalized spacial score (nSPS) is 15.0. The van der Waals surface area contributed by atoms with E-state index in [4.69, 9.17) is 4.99 Å². The molecule has 1 aromatic heterocycles. The molecule has 1 unspecified atom stereocenters. The first kappa shape index (κ1) is 22.9. The summed E-state index contributed by atoms with van der Waals surface area (Å²) < 4.78 is 2.20. The third-order valence-electron chi connectivity index (χ3n) is 6.20. The van der Waals surface area contributed by atoms with E-state index in [1.807, 2.05) is 12.4 Å². The van der Waals surface area contributed by atoms with Crippen molar-refractivity contribution in [1.82, 2.24) is 20.2 Å². The van der Waals surface area contributed by atoms with Crippen LogP contribution in [0.4, 0.5) is 5.69 Å². The number of benzene rings is 2. The number of nitrogens with one attached hydrogen (secondary N) is 2. The molecule has 1 saturated heterocycles. The smallest absolute Gasteiger partial charge is 0.192 e. The molecule has 6 nitrogen and oxygen atoms in total. The lowest BCUT2D eigenvalue weighted by Gasteiger charge is -2.22. The van der Waals surface area contributed by atoms with Gasteiger partial charge in [-0.3, -0.25) is 0 Å². The van der Waals surface area contributed by atoms with Crippen LogP contribution in [0.15, 0.2) is 72.0 Å². The van der Waals surface area contributed by atoms with Crippen LogP contribution in [-0.2, 0) is 19.5 Å². The fourth-order valence-corrected chi connectivity index (χ4v) is 4.31. The minimum atomic E-state index is 0.156. The number of hydrogen-bond acceptors (Lipinski definition) is 3. The first-order valence-corrected chi connectivity index (χ1v) is 12.2. The highest BCUT2D eigenvalue weighted by molar-refractivity contribution is 5.80. The average molecular weight is 445 g/mol. The van der Waals surface area contributed by atoms with Gasteiger partial charge in [0.2, 0.25) is 0 Å². The standard InChI is InChI=1S/C27H36N6/c1-3-28-27(31-22(2)24-12-9-13-25(20-24)32-16-7-8-17-32)30-21-26-29-15-19-33(26)18-14-23-10-5-4-6-11-23/h4-6,9-13,15,19-20,22H,3,7-8,14,16-18,21H2,1-2H3,(H2,28,30,31). The number of imidazole rings is 1. The third kappa shape index (κ3) is 6.37. The van der Waals surface area contributed by atoms with Gasteiger partial charge in [-0.2, -0.15) is 0 Å². The molecule has 1 atom stereocenters. The molecule has 1 aliphatic heterocycles. The van der Waals surface area contributed by atoms with Crippen molar-refractivity contribution in [2.45, 2.75) is 52.2 Å². The van der Waals surface area contributed by atoms with E-state index in [-0.39, 0.29) is 6.04 Å². The van der Waals surface area contributed by atoms with Gasteiger partial charge in [0, 0.05) is 44.3 Å². The van der Waals surface area contributed by atoms with Gasteiger partial charge in [0.25, 0.3) is 0 Å². The van der Waals surface area contributed by atoms with Gasteiger partial charge in [0.15, 0.2) is 5.96 Å². The Kier molecular flexibility index (Phi) is 8.01. The van der Waals surface area contributed by atoms with Crippen molar-refractivity contribution in [3.8, 4) is 0 Å². The summed E-state index contributed by atoms with van der Waals surface area (Å²) in [5.74, 6) is 1.79. The molecule has 1 aliphatic rings. The van der Waals surface area contributed by atoms with Crippen LogP contribution >= 0.6 is 0 Å². The highest BCUT2D eigenvalue weighted by Crippen LogP contribution is 2.24. The second-order valence-corrected chi connectivity index (χ2v) is 8.62. The molecule has 2 aromatic carbocycles. The Morgan fingerprint density at radius 1 is 1.09 bits per heavy atom. The van der Waals surface area contributed by atoms with E-state index in [1.165, 1.54) is 29.7 Å². The van der Waals surface area contributed by atoms with E-state index in [9.17, 15) is 0 Å². The van der Waals surface area contributed by atoms with Crippen LogP contribution in [-0.4, -0.2) is 35.1 Å². The maximum absolute atomic E-state index is 4.84. The Labute approximate surface area is 197 Å². The van der Waals surface area contributed by atoms with E-state index in [0.29, 0.717) is 6.54 Å². The van der Waals surface area contributed by atoms with Gasteiger partial charge in [-0.1, -0.05) is 42.5 Å². The number of aryl methyl sites for hydroxylation is 2. The maximum atomic E-state index is 4.84. The molecular weight excluding hydrogens is 408 g/mol. The highest BCUT2D eigenvalue weighted by atomic mass is 15.2. The van der Waals surface area contributed by atoms with Crippen LogP contribution in [0.1, 0.15) is 49.7 Å². The number of rotatable bonds is 9. The summed E-state index contributed by atoms with van der Waals surface area (Å²) in [6.45, 7) is 8.86. The Bertz CT molecular complexity index is 1020. The van der Waals surface area contributed by atoms with Crippen molar-refractivity contribution in [1.29, 1.82) is 0 Å². The molecule has 3 aromatic rings. The second kappa shape index (κ2) is 11.5. The molecule has 0 bridgehead atoms. The van der Waals surface area contributed by atoms with Gasteiger partial charge in [0.1, 0.15) is 12.4 Å². The van der Waals surface area contributed by atoms with Gasteiger partial charge < -0.3 is 20.1 Å². The van der Waals surface area contributed by atoms with E-state index >= 15 is 0 Å². The van der Waals surface area contributed by atoms with Crippen LogP contribution in [0.3, 0.4) is 0 Å². The van der Waals surface area contributed by atoms with Crippen molar-refractivity contribution >= 4 is 11.6 Å². The van der Waals surface area contributed by atoms with Crippen LogP contribution in [0.25, 0.3) is 0 Å². The molecule has 0 spiro atoms. The lowest BCUT2D eigenvalue weighted by atomic mass is 10.1. The quantitative estimate of drug-likeness (QED) is 0.376. The Morgan fingerprint density at radius 2 is 1.91 bits per heavy atom. The minimum absolute atomic E-state index is 0.156. The van der Waals surface area contributed by atoms with E-state index < -0.39 is 0 Å². The molecule has 0 amide bonds.